The zero-order valence-electron chi connectivity index (χ0n) is 8.98. The van der Waals surface area contributed by atoms with Gasteiger partial charge in [0.1, 0.15) is 0 Å². The lowest BCUT2D eigenvalue weighted by atomic mass is 10.2. The topological polar surface area (TPSA) is 59.6 Å². The minimum atomic E-state index is -3.22. The first-order valence-corrected chi connectivity index (χ1v) is 5.95. The average Bonchev–Trinajstić information content (AvgIpc) is 2.26. The molecule has 0 bridgehead atoms. The van der Waals surface area contributed by atoms with Crippen molar-refractivity contribution in [2.45, 2.75) is 6.92 Å². The van der Waals surface area contributed by atoms with Gasteiger partial charge in [0.2, 0.25) is 0 Å². The van der Waals surface area contributed by atoms with E-state index >= 15 is 0 Å². The van der Waals surface area contributed by atoms with Crippen molar-refractivity contribution >= 4 is 13.4 Å². The van der Waals surface area contributed by atoms with Crippen LogP contribution in [0.15, 0.2) is 24.3 Å². The second-order valence-electron chi connectivity index (χ2n) is 2.97. The minimum absolute atomic E-state index is 0.796. The molecule has 0 aliphatic rings. The molecule has 15 heavy (non-hydrogen) atoms. The van der Waals surface area contributed by atoms with E-state index in [1.165, 1.54) is 14.2 Å². The molecule has 1 aromatic carbocycles. The normalized spacial score (nSPS) is 11.4. The molecule has 0 fully saturated rings. The van der Waals surface area contributed by atoms with Crippen LogP contribution >= 0.6 is 7.75 Å². The van der Waals surface area contributed by atoms with Gasteiger partial charge >= 0.3 is 7.75 Å². The highest BCUT2D eigenvalue weighted by Crippen LogP contribution is 2.40. The molecule has 0 amide bonds. The number of rotatable bonds is 5. The Labute approximate surface area is 89.3 Å². The molecule has 0 aliphatic heterocycles. The summed E-state index contributed by atoms with van der Waals surface area (Å²) in [4.78, 5) is 0. The van der Waals surface area contributed by atoms with Crippen LogP contribution in [-0.2, 0) is 13.6 Å². The average molecular weight is 230 g/mol. The fraction of sp³-hybridized carbons (Fsp3) is 0.333. The van der Waals surface area contributed by atoms with Crippen LogP contribution in [0.5, 0.6) is 0 Å². The molecular formula is C9H15N2O3P. The van der Waals surface area contributed by atoms with Gasteiger partial charge in [0.05, 0.1) is 0 Å². The van der Waals surface area contributed by atoms with Crippen molar-refractivity contribution in [3.8, 4) is 0 Å². The van der Waals surface area contributed by atoms with E-state index in [9.17, 15) is 4.57 Å². The van der Waals surface area contributed by atoms with Crippen LogP contribution in [0.3, 0.4) is 0 Å². The molecule has 0 unspecified atom stereocenters. The molecule has 6 heteroatoms. The van der Waals surface area contributed by atoms with Crippen LogP contribution in [0.2, 0.25) is 0 Å². The summed E-state index contributed by atoms with van der Waals surface area (Å²) >= 11 is 0. The second-order valence-corrected chi connectivity index (χ2v) is 4.92. The molecule has 1 rings (SSSR count). The van der Waals surface area contributed by atoms with E-state index in [0.29, 0.717) is 0 Å². The highest BCUT2D eigenvalue weighted by molar-refractivity contribution is 7.51. The SMILES string of the molecule is COP(=O)(NNc1cccc(C)c1)OC. The third kappa shape index (κ3) is 3.64. The van der Waals surface area contributed by atoms with Gasteiger partial charge in [-0.25, -0.2) is 4.57 Å². The van der Waals surface area contributed by atoms with Gasteiger partial charge in [-0.05, 0) is 24.6 Å². The van der Waals surface area contributed by atoms with Gasteiger partial charge in [-0.3, -0.25) is 9.05 Å². The summed E-state index contributed by atoms with van der Waals surface area (Å²) < 4.78 is 21.0. The number of aryl methyl sites for hydroxylation is 1. The van der Waals surface area contributed by atoms with Crippen LogP contribution in [0.25, 0.3) is 0 Å². The summed E-state index contributed by atoms with van der Waals surface area (Å²) in [5, 5.41) is 2.50. The Balaban J connectivity index is 2.61. The third-order valence-electron chi connectivity index (χ3n) is 1.84. The van der Waals surface area contributed by atoms with Crippen molar-refractivity contribution in [1.82, 2.24) is 5.20 Å². The lowest BCUT2D eigenvalue weighted by molar-refractivity contribution is 0.267. The van der Waals surface area contributed by atoms with E-state index < -0.39 is 7.75 Å². The van der Waals surface area contributed by atoms with Gasteiger partial charge in [-0.15, -0.1) is 5.20 Å². The van der Waals surface area contributed by atoms with E-state index in [2.05, 4.69) is 10.6 Å². The molecule has 1 aromatic rings. The molecule has 2 N–H and O–H groups in total. The maximum atomic E-state index is 11.6. The fourth-order valence-corrected chi connectivity index (χ4v) is 1.62. The number of nitrogens with one attached hydrogen (secondary N) is 2. The molecule has 0 saturated heterocycles. The van der Waals surface area contributed by atoms with Crippen LogP contribution in [0.1, 0.15) is 5.56 Å². The van der Waals surface area contributed by atoms with Crippen LogP contribution < -0.4 is 10.6 Å². The number of hydrogen-bond acceptors (Lipinski definition) is 4. The van der Waals surface area contributed by atoms with Gasteiger partial charge in [0, 0.05) is 19.9 Å². The second kappa shape index (κ2) is 5.28. The Hall–Kier alpha value is -0.870. The quantitative estimate of drug-likeness (QED) is 0.600. The molecule has 0 spiro atoms. The van der Waals surface area contributed by atoms with E-state index in [1.807, 2.05) is 31.2 Å². The number of anilines is 1. The van der Waals surface area contributed by atoms with Crippen molar-refractivity contribution in [2.75, 3.05) is 19.6 Å². The molecule has 0 saturated carbocycles. The van der Waals surface area contributed by atoms with Gasteiger partial charge in [-0.2, -0.15) is 0 Å². The zero-order chi connectivity index (χ0) is 11.3. The summed E-state index contributed by atoms with van der Waals surface area (Å²) in [5.74, 6) is 0. The van der Waals surface area contributed by atoms with Crippen LogP contribution in [0.4, 0.5) is 5.69 Å². The van der Waals surface area contributed by atoms with E-state index in [1.54, 1.807) is 0 Å². The summed E-state index contributed by atoms with van der Waals surface area (Å²) in [6.45, 7) is 1.97. The zero-order valence-corrected chi connectivity index (χ0v) is 9.88. The molecule has 5 nitrogen and oxygen atoms in total. The highest BCUT2D eigenvalue weighted by Gasteiger charge is 2.19. The molecule has 0 radical (unpaired) electrons. The van der Waals surface area contributed by atoms with Gasteiger partial charge in [0.15, 0.2) is 0 Å². The van der Waals surface area contributed by atoms with Crippen LogP contribution in [-0.4, -0.2) is 14.2 Å². The van der Waals surface area contributed by atoms with Gasteiger partial charge < -0.3 is 5.43 Å². The predicted octanol–water partition coefficient (Wildman–Crippen LogP) is 2.31. The largest absolute Gasteiger partial charge is 0.422 e. The van der Waals surface area contributed by atoms with Crippen molar-refractivity contribution in [3.63, 3.8) is 0 Å². The Morgan fingerprint density at radius 3 is 2.47 bits per heavy atom. The Morgan fingerprint density at radius 1 is 1.27 bits per heavy atom. The molecular weight excluding hydrogens is 215 g/mol. The van der Waals surface area contributed by atoms with Crippen molar-refractivity contribution in [2.24, 2.45) is 0 Å². The van der Waals surface area contributed by atoms with E-state index in [4.69, 9.17) is 9.05 Å². The molecule has 0 heterocycles. The summed E-state index contributed by atoms with van der Waals surface area (Å²) in [7, 11) is -0.593. The Morgan fingerprint density at radius 2 is 1.93 bits per heavy atom. The summed E-state index contributed by atoms with van der Waals surface area (Å²) in [5.41, 5.74) is 4.66. The number of hydrazine groups is 1. The highest BCUT2D eigenvalue weighted by atomic mass is 31.2. The van der Waals surface area contributed by atoms with Crippen molar-refractivity contribution in [1.29, 1.82) is 0 Å². The number of benzene rings is 1. The van der Waals surface area contributed by atoms with E-state index in [-0.39, 0.29) is 0 Å². The maximum Gasteiger partial charge on any atom is 0.422 e. The van der Waals surface area contributed by atoms with Gasteiger partial charge in [-0.1, -0.05) is 12.1 Å². The molecule has 0 aliphatic carbocycles. The van der Waals surface area contributed by atoms with E-state index in [0.717, 1.165) is 11.3 Å². The molecule has 0 atom stereocenters. The van der Waals surface area contributed by atoms with Gasteiger partial charge in [0.25, 0.3) is 0 Å². The van der Waals surface area contributed by atoms with Crippen molar-refractivity contribution < 1.29 is 13.6 Å². The summed E-state index contributed by atoms with van der Waals surface area (Å²) in [6, 6.07) is 7.61. The number of hydrogen-bond donors (Lipinski definition) is 2. The molecule has 84 valence electrons. The third-order valence-corrected chi connectivity index (χ3v) is 3.18. The lowest BCUT2D eigenvalue weighted by Gasteiger charge is -2.16. The maximum absolute atomic E-state index is 11.6. The fourth-order valence-electron chi connectivity index (χ4n) is 1.02. The first-order chi connectivity index (χ1) is 7.09. The first kappa shape index (κ1) is 12.2. The minimum Gasteiger partial charge on any atom is -0.312 e. The standard InChI is InChI=1S/C9H15N2O3P/c1-8-5-4-6-9(7-8)10-11-15(12,13-2)14-3/h4-7,10H,1-3H3,(H,11,12). The predicted molar refractivity (Wildman–Crippen MR) is 59.6 cm³/mol. The Bertz CT molecular complexity index is 362. The van der Waals surface area contributed by atoms with Crippen molar-refractivity contribution in [3.05, 3.63) is 29.8 Å². The molecule has 0 aromatic heterocycles. The lowest BCUT2D eigenvalue weighted by Crippen LogP contribution is -2.20. The Kier molecular flexibility index (Phi) is 4.29. The first-order valence-electron chi connectivity index (χ1n) is 4.41. The monoisotopic (exact) mass is 230 g/mol. The smallest absolute Gasteiger partial charge is 0.312 e. The van der Waals surface area contributed by atoms with Crippen LogP contribution in [0, 0.1) is 6.92 Å². The summed E-state index contributed by atoms with van der Waals surface area (Å²) in [6.07, 6.45) is 0.